The first kappa shape index (κ1) is 17.5. The van der Waals surface area contributed by atoms with Crippen molar-refractivity contribution in [2.24, 2.45) is 0 Å². The molecule has 0 saturated carbocycles. The molecule has 0 fully saturated rings. The molecule has 0 radical (unpaired) electrons. The molecule has 0 amide bonds. The predicted octanol–water partition coefficient (Wildman–Crippen LogP) is 2.46. The minimum Gasteiger partial charge on any atom is -0.497 e. The summed E-state index contributed by atoms with van der Waals surface area (Å²) in [4.78, 5) is 14.3. The highest BCUT2D eigenvalue weighted by Crippen LogP contribution is 2.27. The first-order chi connectivity index (χ1) is 11.4. The average Bonchev–Trinajstić information content (AvgIpc) is 2.58. The third-order valence-corrected chi connectivity index (χ3v) is 3.51. The number of benzene rings is 1. The van der Waals surface area contributed by atoms with E-state index in [0.29, 0.717) is 28.4 Å². The number of aromatic nitrogens is 1. The van der Waals surface area contributed by atoms with Crippen molar-refractivity contribution in [1.82, 2.24) is 4.98 Å². The van der Waals surface area contributed by atoms with Crippen LogP contribution in [0.4, 0.5) is 11.5 Å². The SMILES string of the molecule is COc1cc(OC)cc(C(O)CNc2cc(C)c([N+](=O)[O-])cn2)c1. The highest BCUT2D eigenvalue weighted by molar-refractivity contribution is 5.47. The summed E-state index contributed by atoms with van der Waals surface area (Å²) in [5.41, 5.74) is 1.08. The van der Waals surface area contributed by atoms with Crippen LogP contribution in [0.1, 0.15) is 17.2 Å². The number of rotatable bonds is 7. The molecule has 128 valence electrons. The standard InChI is InChI=1S/C16H19N3O5/c1-10-4-16(17-8-14(10)19(21)22)18-9-15(20)11-5-12(23-2)7-13(6-11)24-3/h4-8,15,20H,9H2,1-3H3,(H,17,18). The zero-order valence-corrected chi connectivity index (χ0v) is 13.6. The van der Waals surface area contributed by atoms with E-state index in [1.165, 1.54) is 20.4 Å². The van der Waals surface area contributed by atoms with Gasteiger partial charge < -0.3 is 19.9 Å². The van der Waals surface area contributed by atoms with Gasteiger partial charge in [0.15, 0.2) is 0 Å². The molecule has 0 aliphatic heterocycles. The van der Waals surface area contributed by atoms with Gasteiger partial charge in [-0.1, -0.05) is 0 Å². The van der Waals surface area contributed by atoms with E-state index in [9.17, 15) is 15.2 Å². The predicted molar refractivity (Wildman–Crippen MR) is 88.6 cm³/mol. The fraction of sp³-hybridized carbons (Fsp3) is 0.312. The number of aliphatic hydroxyl groups is 1. The zero-order chi connectivity index (χ0) is 17.7. The summed E-state index contributed by atoms with van der Waals surface area (Å²) in [6, 6.07) is 6.70. The van der Waals surface area contributed by atoms with Gasteiger partial charge in [-0.05, 0) is 30.7 Å². The van der Waals surface area contributed by atoms with Crippen LogP contribution in [-0.4, -0.2) is 35.8 Å². The largest absolute Gasteiger partial charge is 0.497 e. The van der Waals surface area contributed by atoms with E-state index in [1.807, 2.05) is 0 Å². The number of pyridine rings is 1. The number of aliphatic hydroxyl groups excluding tert-OH is 1. The van der Waals surface area contributed by atoms with Gasteiger partial charge in [0.1, 0.15) is 23.5 Å². The molecule has 8 nitrogen and oxygen atoms in total. The summed E-state index contributed by atoms with van der Waals surface area (Å²) in [5.74, 6) is 1.60. The highest BCUT2D eigenvalue weighted by atomic mass is 16.6. The van der Waals surface area contributed by atoms with E-state index in [-0.39, 0.29) is 12.2 Å². The monoisotopic (exact) mass is 333 g/mol. The quantitative estimate of drug-likeness (QED) is 0.592. The van der Waals surface area contributed by atoms with Crippen molar-refractivity contribution < 1.29 is 19.5 Å². The molecule has 1 heterocycles. The van der Waals surface area contributed by atoms with E-state index in [4.69, 9.17) is 9.47 Å². The molecular formula is C16H19N3O5. The number of hydrogen-bond acceptors (Lipinski definition) is 7. The Morgan fingerprint density at radius 2 is 1.88 bits per heavy atom. The Morgan fingerprint density at radius 1 is 1.25 bits per heavy atom. The van der Waals surface area contributed by atoms with Crippen LogP contribution in [0.5, 0.6) is 11.5 Å². The van der Waals surface area contributed by atoms with E-state index < -0.39 is 11.0 Å². The number of hydrogen-bond donors (Lipinski definition) is 2. The van der Waals surface area contributed by atoms with Crippen LogP contribution in [0, 0.1) is 17.0 Å². The van der Waals surface area contributed by atoms with Gasteiger partial charge in [0.05, 0.1) is 25.2 Å². The summed E-state index contributed by atoms with van der Waals surface area (Å²) in [5, 5.41) is 24.1. The number of aryl methyl sites for hydroxylation is 1. The smallest absolute Gasteiger partial charge is 0.290 e. The minimum absolute atomic E-state index is 0.0429. The van der Waals surface area contributed by atoms with Gasteiger partial charge in [0.2, 0.25) is 0 Å². The van der Waals surface area contributed by atoms with Gasteiger partial charge in [-0.25, -0.2) is 4.98 Å². The Kier molecular flexibility index (Phi) is 5.54. The Hall–Kier alpha value is -2.87. The van der Waals surface area contributed by atoms with Gasteiger partial charge >= 0.3 is 0 Å². The molecule has 1 aromatic heterocycles. The molecule has 2 rings (SSSR count). The molecule has 0 aliphatic carbocycles. The van der Waals surface area contributed by atoms with Crippen molar-refractivity contribution in [3.63, 3.8) is 0 Å². The molecular weight excluding hydrogens is 314 g/mol. The third-order valence-electron chi connectivity index (χ3n) is 3.51. The molecule has 1 aromatic carbocycles. The lowest BCUT2D eigenvalue weighted by molar-refractivity contribution is -0.385. The summed E-state index contributed by atoms with van der Waals surface area (Å²) < 4.78 is 10.3. The number of methoxy groups -OCH3 is 2. The van der Waals surface area contributed by atoms with Crippen molar-refractivity contribution in [3.05, 3.63) is 51.7 Å². The van der Waals surface area contributed by atoms with Crippen molar-refractivity contribution >= 4 is 11.5 Å². The fourth-order valence-electron chi connectivity index (χ4n) is 2.18. The van der Waals surface area contributed by atoms with Crippen molar-refractivity contribution in [1.29, 1.82) is 0 Å². The number of nitrogens with zero attached hydrogens (tertiary/aromatic N) is 2. The minimum atomic E-state index is -0.828. The second kappa shape index (κ2) is 7.60. The van der Waals surface area contributed by atoms with Crippen LogP contribution >= 0.6 is 0 Å². The summed E-state index contributed by atoms with van der Waals surface area (Å²) in [7, 11) is 3.07. The second-order valence-corrected chi connectivity index (χ2v) is 5.16. The Labute approximate surface area is 139 Å². The maximum atomic E-state index is 10.8. The molecule has 2 aromatic rings. The zero-order valence-electron chi connectivity index (χ0n) is 13.6. The Morgan fingerprint density at radius 3 is 2.38 bits per heavy atom. The van der Waals surface area contributed by atoms with E-state index in [2.05, 4.69) is 10.3 Å². The average molecular weight is 333 g/mol. The van der Waals surface area contributed by atoms with Gasteiger partial charge in [0, 0.05) is 18.2 Å². The fourth-order valence-corrected chi connectivity index (χ4v) is 2.18. The first-order valence-electron chi connectivity index (χ1n) is 7.20. The lowest BCUT2D eigenvalue weighted by atomic mass is 10.1. The van der Waals surface area contributed by atoms with Crippen LogP contribution in [0.15, 0.2) is 30.5 Å². The number of ether oxygens (including phenoxy) is 2. The van der Waals surface area contributed by atoms with Gasteiger partial charge in [0.25, 0.3) is 5.69 Å². The van der Waals surface area contributed by atoms with E-state index >= 15 is 0 Å². The summed E-state index contributed by atoms with van der Waals surface area (Å²) in [6.45, 7) is 1.81. The molecule has 1 atom stereocenters. The normalized spacial score (nSPS) is 11.7. The van der Waals surface area contributed by atoms with Crippen LogP contribution in [0.2, 0.25) is 0 Å². The number of anilines is 1. The maximum Gasteiger partial charge on any atom is 0.290 e. The van der Waals surface area contributed by atoms with Crippen LogP contribution in [0.3, 0.4) is 0 Å². The highest BCUT2D eigenvalue weighted by Gasteiger charge is 2.14. The Bertz CT molecular complexity index is 713. The molecule has 0 saturated heterocycles. The van der Waals surface area contributed by atoms with Crippen molar-refractivity contribution in [2.45, 2.75) is 13.0 Å². The van der Waals surface area contributed by atoms with Gasteiger partial charge in [-0.3, -0.25) is 10.1 Å². The molecule has 0 bridgehead atoms. The molecule has 2 N–H and O–H groups in total. The lowest BCUT2D eigenvalue weighted by Gasteiger charge is -2.15. The van der Waals surface area contributed by atoms with Crippen LogP contribution in [-0.2, 0) is 0 Å². The number of nitro groups is 1. The summed E-state index contributed by atoms with van der Waals surface area (Å²) >= 11 is 0. The van der Waals surface area contributed by atoms with Crippen LogP contribution < -0.4 is 14.8 Å². The van der Waals surface area contributed by atoms with Gasteiger partial charge in [-0.15, -0.1) is 0 Å². The molecule has 0 spiro atoms. The van der Waals surface area contributed by atoms with Crippen LogP contribution in [0.25, 0.3) is 0 Å². The van der Waals surface area contributed by atoms with E-state index in [0.717, 1.165) is 0 Å². The maximum absolute atomic E-state index is 10.8. The molecule has 8 heteroatoms. The van der Waals surface area contributed by atoms with Crippen molar-refractivity contribution in [2.75, 3.05) is 26.1 Å². The Balaban J connectivity index is 2.09. The molecule has 24 heavy (non-hydrogen) atoms. The van der Waals surface area contributed by atoms with Gasteiger partial charge in [-0.2, -0.15) is 0 Å². The summed E-state index contributed by atoms with van der Waals surface area (Å²) in [6.07, 6.45) is 0.366. The second-order valence-electron chi connectivity index (χ2n) is 5.16. The lowest BCUT2D eigenvalue weighted by Crippen LogP contribution is -2.13. The topological polar surface area (TPSA) is 107 Å². The number of nitrogens with one attached hydrogen (secondary N) is 1. The van der Waals surface area contributed by atoms with Crippen molar-refractivity contribution in [3.8, 4) is 11.5 Å². The third kappa shape index (κ3) is 4.11. The molecule has 1 unspecified atom stereocenters. The first-order valence-corrected chi connectivity index (χ1v) is 7.20. The molecule has 0 aliphatic rings. The van der Waals surface area contributed by atoms with E-state index in [1.54, 1.807) is 31.2 Å².